The van der Waals surface area contributed by atoms with Crippen molar-refractivity contribution in [2.24, 2.45) is 11.8 Å². The van der Waals surface area contributed by atoms with Crippen molar-refractivity contribution in [3.63, 3.8) is 0 Å². The second kappa shape index (κ2) is 6.48. The van der Waals surface area contributed by atoms with Gasteiger partial charge in [-0.1, -0.05) is 20.4 Å². The van der Waals surface area contributed by atoms with E-state index in [1.807, 2.05) is 6.92 Å². The van der Waals surface area contributed by atoms with Crippen LogP contribution in [0.25, 0.3) is 0 Å². The number of rotatable bonds is 3. The van der Waals surface area contributed by atoms with E-state index in [2.05, 4.69) is 6.58 Å². The van der Waals surface area contributed by atoms with Gasteiger partial charge in [0, 0.05) is 24.0 Å². The zero-order valence-corrected chi connectivity index (χ0v) is 15.4. The molecule has 0 spiro atoms. The van der Waals surface area contributed by atoms with E-state index in [0.29, 0.717) is 12.8 Å². The summed E-state index contributed by atoms with van der Waals surface area (Å²) in [5, 5.41) is 20.6. The summed E-state index contributed by atoms with van der Waals surface area (Å²) >= 11 is 0. The summed E-state index contributed by atoms with van der Waals surface area (Å²) in [5.74, 6) is -3.49. The number of hydrogen-bond acceptors (Lipinski definition) is 7. The van der Waals surface area contributed by atoms with Gasteiger partial charge in [0.2, 0.25) is 0 Å². The van der Waals surface area contributed by atoms with Gasteiger partial charge in [-0.3, -0.25) is 4.79 Å². The first-order chi connectivity index (χ1) is 12.1. The van der Waals surface area contributed by atoms with E-state index in [0.717, 1.165) is 0 Å². The molecule has 0 aromatic rings. The molecule has 0 aromatic heterocycles. The molecule has 144 valence electrons. The van der Waals surface area contributed by atoms with Crippen molar-refractivity contribution in [1.82, 2.24) is 0 Å². The fourth-order valence-electron chi connectivity index (χ4n) is 3.95. The standard InChI is InChI=1S/C19H26O7/c1-10(2)16(21)25-14-8-18(4)5-6-19(23,26-18)12(9-20)7-13-15(14)11(3)17(22)24-13/h7,10,13-15,20,23H,3,5-6,8-9H2,1-2,4H3/b12-7-/t13-,14-,15+,18+,19-/m1/s1. The number of esters is 2. The second-order valence-electron chi connectivity index (χ2n) is 7.94. The van der Waals surface area contributed by atoms with Crippen LogP contribution in [0.3, 0.4) is 0 Å². The molecular formula is C19H26O7. The van der Waals surface area contributed by atoms with Gasteiger partial charge in [0.25, 0.3) is 0 Å². The van der Waals surface area contributed by atoms with Gasteiger partial charge in [-0.05, 0) is 19.4 Å². The molecule has 3 rings (SSSR count). The van der Waals surface area contributed by atoms with Crippen LogP contribution in [-0.4, -0.2) is 52.4 Å². The fourth-order valence-corrected chi connectivity index (χ4v) is 3.95. The number of ether oxygens (including phenoxy) is 3. The minimum Gasteiger partial charge on any atom is -0.461 e. The molecule has 0 amide bonds. The second-order valence-corrected chi connectivity index (χ2v) is 7.94. The first-order valence-corrected chi connectivity index (χ1v) is 8.93. The van der Waals surface area contributed by atoms with E-state index in [-0.39, 0.29) is 29.5 Å². The third kappa shape index (κ3) is 3.19. The van der Waals surface area contributed by atoms with E-state index in [4.69, 9.17) is 14.2 Å². The molecule has 0 saturated carbocycles. The summed E-state index contributed by atoms with van der Waals surface area (Å²) in [6.07, 6.45) is 1.15. The molecule has 3 aliphatic heterocycles. The molecule has 7 heteroatoms. The molecule has 2 bridgehead atoms. The van der Waals surface area contributed by atoms with Crippen molar-refractivity contribution < 1.29 is 34.0 Å². The van der Waals surface area contributed by atoms with Crippen LogP contribution < -0.4 is 0 Å². The molecule has 2 saturated heterocycles. The Labute approximate surface area is 152 Å². The molecule has 2 N–H and O–H groups in total. The van der Waals surface area contributed by atoms with Crippen LogP contribution in [0.15, 0.2) is 23.8 Å². The predicted octanol–water partition coefficient (Wildman–Crippen LogP) is 1.23. The molecular weight excluding hydrogens is 340 g/mol. The summed E-state index contributed by atoms with van der Waals surface area (Å²) < 4.78 is 17.0. The predicted molar refractivity (Wildman–Crippen MR) is 90.7 cm³/mol. The van der Waals surface area contributed by atoms with Gasteiger partial charge in [0.1, 0.15) is 12.2 Å². The van der Waals surface area contributed by atoms with E-state index >= 15 is 0 Å². The molecule has 26 heavy (non-hydrogen) atoms. The van der Waals surface area contributed by atoms with Crippen molar-refractivity contribution in [2.75, 3.05) is 6.61 Å². The van der Waals surface area contributed by atoms with E-state index in [1.165, 1.54) is 6.08 Å². The average Bonchev–Trinajstić information content (AvgIpc) is 3.02. The Hall–Kier alpha value is -1.70. The third-order valence-electron chi connectivity index (χ3n) is 5.48. The maximum Gasteiger partial charge on any atom is 0.334 e. The summed E-state index contributed by atoms with van der Waals surface area (Å²) in [6.45, 7) is 8.68. The molecule has 3 heterocycles. The van der Waals surface area contributed by atoms with E-state index in [9.17, 15) is 19.8 Å². The highest BCUT2D eigenvalue weighted by molar-refractivity contribution is 5.91. The SMILES string of the molecule is C=C1C(=O)O[C@@H]2/C=C(/CO)[C@@]3(O)CC[C@@](C)(C[C@@H](OC(=O)C(C)C)[C@@H]12)O3. The smallest absolute Gasteiger partial charge is 0.334 e. The Bertz CT molecular complexity index is 667. The molecule has 0 radical (unpaired) electrons. The Balaban J connectivity index is 2.05. The lowest BCUT2D eigenvalue weighted by molar-refractivity contribution is -0.205. The lowest BCUT2D eigenvalue weighted by Crippen LogP contribution is -2.41. The van der Waals surface area contributed by atoms with Crippen LogP contribution in [0.4, 0.5) is 0 Å². The lowest BCUT2D eigenvalue weighted by Gasteiger charge is -2.33. The first-order valence-electron chi connectivity index (χ1n) is 8.93. The van der Waals surface area contributed by atoms with Crippen LogP contribution in [0.5, 0.6) is 0 Å². The van der Waals surface area contributed by atoms with Gasteiger partial charge in [-0.25, -0.2) is 4.79 Å². The third-order valence-corrected chi connectivity index (χ3v) is 5.48. The molecule has 0 aromatic carbocycles. The number of carbonyl (C=O) groups is 2. The minimum atomic E-state index is -1.62. The van der Waals surface area contributed by atoms with Gasteiger partial charge in [-0.15, -0.1) is 0 Å². The van der Waals surface area contributed by atoms with Gasteiger partial charge < -0.3 is 24.4 Å². The van der Waals surface area contributed by atoms with Crippen LogP contribution in [-0.2, 0) is 23.8 Å². The largest absolute Gasteiger partial charge is 0.461 e. The lowest BCUT2D eigenvalue weighted by atomic mass is 9.81. The Kier molecular flexibility index (Phi) is 4.75. The number of fused-ring (bicyclic) bond motifs is 3. The van der Waals surface area contributed by atoms with Crippen molar-refractivity contribution in [1.29, 1.82) is 0 Å². The van der Waals surface area contributed by atoms with Gasteiger partial charge >= 0.3 is 11.9 Å². The maximum atomic E-state index is 12.2. The Morgan fingerprint density at radius 3 is 2.77 bits per heavy atom. The number of aliphatic hydroxyl groups is 2. The molecule has 7 nitrogen and oxygen atoms in total. The first kappa shape index (κ1) is 19.1. The zero-order chi connectivity index (χ0) is 19.3. The van der Waals surface area contributed by atoms with E-state index in [1.54, 1.807) is 13.8 Å². The average molecular weight is 366 g/mol. The van der Waals surface area contributed by atoms with Crippen molar-refractivity contribution in [2.45, 2.75) is 63.6 Å². The number of hydrogen-bond donors (Lipinski definition) is 2. The van der Waals surface area contributed by atoms with Crippen LogP contribution in [0.2, 0.25) is 0 Å². The van der Waals surface area contributed by atoms with Crippen molar-refractivity contribution in [3.8, 4) is 0 Å². The molecule has 0 unspecified atom stereocenters. The summed E-state index contributed by atoms with van der Waals surface area (Å²) in [6, 6.07) is 0. The highest BCUT2D eigenvalue weighted by Crippen LogP contribution is 2.47. The summed E-state index contributed by atoms with van der Waals surface area (Å²) in [4.78, 5) is 24.3. The van der Waals surface area contributed by atoms with Crippen LogP contribution in [0, 0.1) is 11.8 Å². The topological polar surface area (TPSA) is 102 Å². The molecule has 2 fully saturated rings. The van der Waals surface area contributed by atoms with Crippen LogP contribution >= 0.6 is 0 Å². The molecule has 3 aliphatic rings. The maximum absolute atomic E-state index is 12.2. The molecule has 0 aliphatic carbocycles. The minimum absolute atomic E-state index is 0.221. The Morgan fingerprint density at radius 1 is 1.46 bits per heavy atom. The van der Waals surface area contributed by atoms with Gasteiger partial charge in [0.05, 0.1) is 24.0 Å². The van der Waals surface area contributed by atoms with E-state index < -0.39 is 42.1 Å². The number of carbonyl (C=O) groups excluding carboxylic acids is 2. The monoisotopic (exact) mass is 366 g/mol. The highest BCUT2D eigenvalue weighted by atomic mass is 16.6. The zero-order valence-electron chi connectivity index (χ0n) is 15.4. The highest BCUT2D eigenvalue weighted by Gasteiger charge is 2.54. The van der Waals surface area contributed by atoms with Crippen molar-refractivity contribution >= 4 is 11.9 Å². The fraction of sp³-hybridized carbons (Fsp3) is 0.684. The van der Waals surface area contributed by atoms with Gasteiger partial charge in [-0.2, -0.15) is 0 Å². The number of aliphatic hydroxyl groups excluding tert-OH is 1. The van der Waals surface area contributed by atoms with Gasteiger partial charge in [0.15, 0.2) is 5.79 Å². The van der Waals surface area contributed by atoms with Crippen molar-refractivity contribution in [3.05, 3.63) is 23.8 Å². The quantitative estimate of drug-likeness (QED) is 0.440. The Morgan fingerprint density at radius 2 is 2.15 bits per heavy atom. The summed E-state index contributed by atoms with van der Waals surface area (Å²) in [5.41, 5.74) is -0.306. The summed E-state index contributed by atoms with van der Waals surface area (Å²) in [7, 11) is 0. The normalized spacial score (nSPS) is 41.6. The van der Waals surface area contributed by atoms with Crippen LogP contribution in [0.1, 0.15) is 40.0 Å². The molecule has 5 atom stereocenters.